The number of methoxy groups -OCH3 is 1. The number of aromatic nitrogens is 4. The summed E-state index contributed by atoms with van der Waals surface area (Å²) in [5, 5.41) is 10.8. The molecule has 0 aliphatic rings. The van der Waals surface area contributed by atoms with E-state index >= 15 is 0 Å². The Hall–Kier alpha value is -3.27. The molecule has 0 saturated heterocycles. The van der Waals surface area contributed by atoms with Crippen LogP contribution in [0.15, 0.2) is 47.8 Å². The maximum absolute atomic E-state index is 12.0. The summed E-state index contributed by atoms with van der Waals surface area (Å²) in [6.07, 6.45) is 1.73. The highest BCUT2D eigenvalue weighted by atomic mass is 32.2. The summed E-state index contributed by atoms with van der Waals surface area (Å²) in [6, 6.07) is 10.6. The van der Waals surface area contributed by atoms with Crippen molar-refractivity contribution < 1.29 is 14.3 Å². The second-order valence-corrected chi connectivity index (χ2v) is 6.52. The number of ether oxygens (including phenoxy) is 1. The van der Waals surface area contributed by atoms with Gasteiger partial charge in [-0.05, 0) is 36.4 Å². The monoisotopic (exact) mass is 386 g/mol. The van der Waals surface area contributed by atoms with Crippen molar-refractivity contribution in [2.24, 2.45) is 7.05 Å². The predicted molar refractivity (Wildman–Crippen MR) is 101 cm³/mol. The van der Waals surface area contributed by atoms with Crippen LogP contribution in [0.2, 0.25) is 0 Å². The zero-order valence-electron chi connectivity index (χ0n) is 14.7. The fraction of sp³-hybridized carbons (Fsp3) is 0.176. The van der Waals surface area contributed by atoms with Gasteiger partial charge >= 0.3 is 0 Å². The zero-order valence-corrected chi connectivity index (χ0v) is 15.6. The molecule has 0 unspecified atom stereocenters. The van der Waals surface area contributed by atoms with Gasteiger partial charge in [-0.25, -0.2) is 4.68 Å². The number of aryl methyl sites for hydroxylation is 1. The van der Waals surface area contributed by atoms with Crippen molar-refractivity contribution >= 4 is 23.6 Å². The molecule has 0 saturated carbocycles. The Morgan fingerprint density at radius 3 is 2.59 bits per heavy atom. The van der Waals surface area contributed by atoms with E-state index in [1.165, 1.54) is 4.68 Å². The Bertz CT molecular complexity index is 963. The smallest absolute Gasteiger partial charge is 0.274 e. The number of rotatable bonds is 6. The van der Waals surface area contributed by atoms with Gasteiger partial charge in [0.05, 0.1) is 12.9 Å². The van der Waals surface area contributed by atoms with E-state index in [0.717, 1.165) is 23.1 Å². The Kier molecular flexibility index (Phi) is 5.46. The van der Waals surface area contributed by atoms with Crippen LogP contribution in [-0.2, 0) is 11.8 Å². The van der Waals surface area contributed by atoms with E-state index < -0.39 is 11.8 Å². The summed E-state index contributed by atoms with van der Waals surface area (Å²) in [7, 11) is 3.31. The third-order valence-corrected chi connectivity index (χ3v) is 4.72. The number of benzene rings is 1. The van der Waals surface area contributed by atoms with E-state index in [1.54, 1.807) is 49.2 Å². The molecule has 2 heterocycles. The van der Waals surface area contributed by atoms with Gasteiger partial charge in [-0.15, -0.1) is 10.2 Å². The highest BCUT2D eigenvalue weighted by molar-refractivity contribution is 7.99. The van der Waals surface area contributed by atoms with Crippen molar-refractivity contribution in [1.82, 2.24) is 24.8 Å². The molecule has 140 valence electrons. The highest BCUT2D eigenvalue weighted by Gasteiger charge is 2.16. The van der Waals surface area contributed by atoms with E-state index in [2.05, 4.69) is 15.5 Å². The van der Waals surface area contributed by atoms with Gasteiger partial charge in [0, 0.05) is 18.8 Å². The molecule has 0 atom stereocenters. The molecular formula is C17H18N6O3S. The fourth-order valence-electron chi connectivity index (χ4n) is 2.37. The molecular weight excluding hydrogens is 368 g/mol. The molecule has 9 nitrogen and oxygen atoms in total. The number of nitrogens with one attached hydrogen (secondary N) is 1. The first kappa shape index (κ1) is 18.5. The van der Waals surface area contributed by atoms with Crippen LogP contribution in [0.25, 0.3) is 11.4 Å². The second kappa shape index (κ2) is 7.96. The molecule has 1 aromatic carbocycles. The number of imide groups is 1. The normalized spacial score (nSPS) is 10.6. The fourth-order valence-corrected chi connectivity index (χ4v) is 3.02. The summed E-state index contributed by atoms with van der Waals surface area (Å²) in [6.45, 7) is 0. The number of hydrogen-bond donors (Lipinski definition) is 2. The molecule has 0 radical (unpaired) electrons. The molecule has 10 heteroatoms. The summed E-state index contributed by atoms with van der Waals surface area (Å²) < 4.78 is 8.06. The van der Waals surface area contributed by atoms with Gasteiger partial charge in [0.2, 0.25) is 11.1 Å². The van der Waals surface area contributed by atoms with Crippen molar-refractivity contribution in [3.8, 4) is 17.1 Å². The lowest BCUT2D eigenvalue weighted by atomic mass is 10.2. The van der Waals surface area contributed by atoms with Crippen LogP contribution in [0.5, 0.6) is 5.75 Å². The molecule has 0 aliphatic heterocycles. The van der Waals surface area contributed by atoms with Crippen molar-refractivity contribution in [2.75, 3.05) is 18.7 Å². The van der Waals surface area contributed by atoms with Gasteiger partial charge in [0.25, 0.3) is 5.91 Å². The number of thioether (sulfide) groups is 1. The van der Waals surface area contributed by atoms with Gasteiger partial charge in [-0.1, -0.05) is 11.8 Å². The quantitative estimate of drug-likeness (QED) is 0.480. The summed E-state index contributed by atoms with van der Waals surface area (Å²) in [5.41, 5.74) is 1.16. The molecule has 3 rings (SSSR count). The summed E-state index contributed by atoms with van der Waals surface area (Å²) in [4.78, 5) is 24.0. The van der Waals surface area contributed by atoms with Gasteiger partial charge in [-0.2, -0.15) is 0 Å². The topological polar surface area (TPSA) is 117 Å². The second-order valence-electron chi connectivity index (χ2n) is 5.57. The maximum atomic E-state index is 12.0. The average molecular weight is 386 g/mol. The Morgan fingerprint density at radius 1 is 1.22 bits per heavy atom. The minimum atomic E-state index is -0.457. The molecule has 0 fully saturated rings. The number of nitrogens with two attached hydrogens (primary N) is 1. The Balaban J connectivity index is 1.61. The van der Waals surface area contributed by atoms with Crippen LogP contribution in [0, 0.1) is 0 Å². The summed E-state index contributed by atoms with van der Waals surface area (Å²) in [5.74, 6) is 6.28. The van der Waals surface area contributed by atoms with Gasteiger partial charge < -0.3 is 15.1 Å². The van der Waals surface area contributed by atoms with Crippen LogP contribution in [0.3, 0.4) is 0 Å². The standard InChI is InChI=1S/C17H18N6O3S/c1-22-9-3-4-13(22)16(25)19-14(24)10-27-17-21-20-15(23(17)18)11-5-7-12(26-2)8-6-11/h3-9H,10,18H2,1-2H3,(H,19,24,25). The number of nitrogen functional groups attached to an aromatic ring is 1. The Morgan fingerprint density at radius 2 is 1.96 bits per heavy atom. The highest BCUT2D eigenvalue weighted by Crippen LogP contribution is 2.23. The lowest BCUT2D eigenvalue weighted by molar-refractivity contribution is -0.117. The molecule has 0 spiro atoms. The van der Waals surface area contributed by atoms with E-state index in [-0.39, 0.29) is 5.75 Å². The predicted octanol–water partition coefficient (Wildman–Crippen LogP) is 1.05. The minimum absolute atomic E-state index is 0.0197. The van der Waals surface area contributed by atoms with Crippen LogP contribution in [-0.4, -0.2) is 44.1 Å². The van der Waals surface area contributed by atoms with Crippen LogP contribution in [0.1, 0.15) is 10.5 Å². The lowest BCUT2D eigenvalue weighted by Crippen LogP contribution is -2.33. The number of nitrogens with zero attached hydrogens (tertiary/aromatic N) is 4. The first-order valence-corrected chi connectivity index (χ1v) is 8.91. The van der Waals surface area contributed by atoms with Crippen LogP contribution >= 0.6 is 11.8 Å². The molecule has 3 aromatic rings. The van der Waals surface area contributed by atoms with E-state index in [1.807, 2.05) is 12.1 Å². The first-order valence-electron chi connectivity index (χ1n) is 7.93. The SMILES string of the molecule is COc1ccc(-c2nnc(SCC(=O)NC(=O)c3cccn3C)n2N)cc1. The minimum Gasteiger partial charge on any atom is -0.497 e. The maximum Gasteiger partial charge on any atom is 0.274 e. The van der Waals surface area contributed by atoms with Crippen LogP contribution in [0.4, 0.5) is 0 Å². The third kappa shape index (κ3) is 4.11. The van der Waals surface area contributed by atoms with E-state index in [4.69, 9.17) is 10.6 Å². The average Bonchev–Trinajstić information content (AvgIpc) is 3.26. The van der Waals surface area contributed by atoms with Gasteiger partial charge in [0.15, 0.2) is 5.82 Å². The largest absolute Gasteiger partial charge is 0.497 e. The van der Waals surface area contributed by atoms with Crippen molar-refractivity contribution in [3.05, 3.63) is 48.3 Å². The molecule has 3 N–H and O–H groups in total. The third-order valence-electron chi connectivity index (χ3n) is 3.77. The lowest BCUT2D eigenvalue weighted by Gasteiger charge is -2.06. The summed E-state index contributed by atoms with van der Waals surface area (Å²) >= 11 is 1.09. The number of amides is 2. The molecule has 0 aliphatic carbocycles. The van der Waals surface area contributed by atoms with Crippen LogP contribution < -0.4 is 15.9 Å². The van der Waals surface area contributed by atoms with Crippen molar-refractivity contribution in [1.29, 1.82) is 0 Å². The van der Waals surface area contributed by atoms with Crippen molar-refractivity contribution in [2.45, 2.75) is 5.16 Å². The zero-order chi connectivity index (χ0) is 19.4. The number of carbonyl (C=O) groups is 2. The molecule has 2 aromatic heterocycles. The van der Waals surface area contributed by atoms with E-state index in [0.29, 0.717) is 16.7 Å². The van der Waals surface area contributed by atoms with Gasteiger partial charge in [0.1, 0.15) is 11.4 Å². The Labute approximate surface area is 159 Å². The molecule has 0 bridgehead atoms. The van der Waals surface area contributed by atoms with E-state index in [9.17, 15) is 9.59 Å². The first-order chi connectivity index (χ1) is 13.0. The van der Waals surface area contributed by atoms with Gasteiger partial charge in [-0.3, -0.25) is 14.9 Å². The molecule has 27 heavy (non-hydrogen) atoms. The number of carbonyl (C=O) groups excluding carboxylic acids is 2. The van der Waals surface area contributed by atoms with Crippen molar-refractivity contribution in [3.63, 3.8) is 0 Å². The molecule has 2 amide bonds. The number of hydrogen-bond acceptors (Lipinski definition) is 7.